The third-order valence-corrected chi connectivity index (χ3v) is 3.29. The summed E-state index contributed by atoms with van der Waals surface area (Å²) in [5, 5.41) is 13.8. The molecule has 0 spiro atoms. The molecule has 3 nitrogen and oxygen atoms in total. The van der Waals surface area contributed by atoms with Gasteiger partial charge in [0.05, 0.1) is 12.2 Å². The van der Waals surface area contributed by atoms with Crippen molar-refractivity contribution >= 4 is 0 Å². The zero-order valence-electron chi connectivity index (χ0n) is 10.4. The zero-order chi connectivity index (χ0) is 12.1. The molecule has 0 amide bonds. The molecule has 3 heteroatoms. The first kappa shape index (κ1) is 12.6. The summed E-state index contributed by atoms with van der Waals surface area (Å²) in [4.78, 5) is 0. The second-order valence-corrected chi connectivity index (χ2v) is 4.93. The number of ether oxygens (including phenoxy) is 1. The summed E-state index contributed by atoms with van der Waals surface area (Å²) < 4.78 is 5.41. The summed E-state index contributed by atoms with van der Waals surface area (Å²) >= 11 is 0. The van der Waals surface area contributed by atoms with Crippen LogP contribution in [0.2, 0.25) is 0 Å². The molecule has 0 radical (unpaired) electrons. The SMILES string of the molecule is CC(O)(CNC1CCCOC1)c1ccccc1. The molecule has 17 heavy (non-hydrogen) atoms. The number of nitrogens with one attached hydrogen (secondary N) is 1. The number of benzene rings is 1. The second-order valence-electron chi connectivity index (χ2n) is 4.93. The molecule has 1 fully saturated rings. The summed E-state index contributed by atoms with van der Waals surface area (Å²) in [5.41, 5.74) is 0.128. The van der Waals surface area contributed by atoms with Gasteiger partial charge in [-0.3, -0.25) is 0 Å². The first-order chi connectivity index (χ1) is 8.18. The maximum absolute atomic E-state index is 10.4. The molecule has 1 aliphatic rings. The van der Waals surface area contributed by atoms with E-state index >= 15 is 0 Å². The lowest BCUT2D eigenvalue weighted by Crippen LogP contribution is -2.44. The van der Waals surface area contributed by atoms with Crippen molar-refractivity contribution in [1.82, 2.24) is 5.32 Å². The van der Waals surface area contributed by atoms with Gasteiger partial charge in [0.1, 0.15) is 0 Å². The normalized spacial score (nSPS) is 24.2. The van der Waals surface area contributed by atoms with Gasteiger partial charge in [-0.25, -0.2) is 0 Å². The minimum absolute atomic E-state index is 0.374. The number of aliphatic hydroxyl groups is 1. The van der Waals surface area contributed by atoms with E-state index in [2.05, 4.69) is 5.32 Å². The molecular formula is C14H21NO2. The van der Waals surface area contributed by atoms with Crippen LogP contribution >= 0.6 is 0 Å². The Hall–Kier alpha value is -0.900. The highest BCUT2D eigenvalue weighted by molar-refractivity contribution is 5.21. The third-order valence-electron chi connectivity index (χ3n) is 3.29. The van der Waals surface area contributed by atoms with Gasteiger partial charge in [0.25, 0.3) is 0 Å². The molecule has 0 aliphatic carbocycles. The van der Waals surface area contributed by atoms with Crippen LogP contribution in [0, 0.1) is 0 Å². The number of hydrogen-bond donors (Lipinski definition) is 2. The first-order valence-corrected chi connectivity index (χ1v) is 6.27. The highest BCUT2D eigenvalue weighted by atomic mass is 16.5. The molecule has 2 atom stereocenters. The van der Waals surface area contributed by atoms with Crippen molar-refractivity contribution in [3.63, 3.8) is 0 Å². The molecule has 1 aromatic rings. The van der Waals surface area contributed by atoms with Gasteiger partial charge in [0, 0.05) is 19.2 Å². The monoisotopic (exact) mass is 235 g/mol. The predicted octanol–water partition coefficient (Wildman–Crippen LogP) is 1.66. The summed E-state index contributed by atoms with van der Waals surface area (Å²) in [6.45, 7) is 4.03. The molecule has 94 valence electrons. The van der Waals surface area contributed by atoms with Gasteiger partial charge in [0.2, 0.25) is 0 Å². The second kappa shape index (κ2) is 5.63. The highest BCUT2D eigenvalue weighted by Gasteiger charge is 2.24. The van der Waals surface area contributed by atoms with Gasteiger partial charge in [0.15, 0.2) is 0 Å². The van der Waals surface area contributed by atoms with Crippen LogP contribution in [0.5, 0.6) is 0 Å². The van der Waals surface area contributed by atoms with E-state index in [0.29, 0.717) is 12.6 Å². The van der Waals surface area contributed by atoms with Crippen LogP contribution in [0.4, 0.5) is 0 Å². The van der Waals surface area contributed by atoms with E-state index in [4.69, 9.17) is 4.74 Å². The van der Waals surface area contributed by atoms with Crippen LogP contribution in [0.25, 0.3) is 0 Å². The van der Waals surface area contributed by atoms with E-state index in [0.717, 1.165) is 31.6 Å². The maximum Gasteiger partial charge on any atom is 0.0992 e. The largest absolute Gasteiger partial charge is 0.384 e. The van der Waals surface area contributed by atoms with Crippen molar-refractivity contribution in [1.29, 1.82) is 0 Å². The molecule has 0 saturated carbocycles. The lowest BCUT2D eigenvalue weighted by atomic mass is 9.95. The smallest absolute Gasteiger partial charge is 0.0992 e. The number of rotatable bonds is 4. The molecule has 0 aromatic heterocycles. The highest BCUT2D eigenvalue weighted by Crippen LogP contribution is 2.19. The summed E-state index contributed by atoms with van der Waals surface area (Å²) in [5.74, 6) is 0. The standard InChI is InChI=1S/C14H21NO2/c1-14(16,12-6-3-2-4-7-12)11-15-13-8-5-9-17-10-13/h2-4,6-7,13,15-16H,5,8-11H2,1H3. The van der Waals surface area contributed by atoms with Crippen LogP contribution in [0.3, 0.4) is 0 Å². The van der Waals surface area contributed by atoms with E-state index in [9.17, 15) is 5.11 Å². The third kappa shape index (κ3) is 3.53. The van der Waals surface area contributed by atoms with Crippen molar-refractivity contribution in [2.75, 3.05) is 19.8 Å². The van der Waals surface area contributed by atoms with Crippen LogP contribution < -0.4 is 5.32 Å². The van der Waals surface area contributed by atoms with Crippen molar-refractivity contribution in [2.45, 2.75) is 31.4 Å². The Kier molecular flexibility index (Phi) is 4.15. The van der Waals surface area contributed by atoms with Crippen molar-refractivity contribution in [2.24, 2.45) is 0 Å². The Morgan fingerprint density at radius 3 is 2.82 bits per heavy atom. The van der Waals surface area contributed by atoms with Gasteiger partial charge in [-0.2, -0.15) is 0 Å². The van der Waals surface area contributed by atoms with Gasteiger partial charge in [-0.05, 0) is 25.3 Å². The summed E-state index contributed by atoms with van der Waals surface area (Å²) in [6.07, 6.45) is 2.23. The molecule has 2 unspecified atom stereocenters. The van der Waals surface area contributed by atoms with Gasteiger partial charge in [-0.15, -0.1) is 0 Å². The van der Waals surface area contributed by atoms with Crippen LogP contribution in [0.15, 0.2) is 30.3 Å². The first-order valence-electron chi connectivity index (χ1n) is 6.27. The number of hydrogen-bond acceptors (Lipinski definition) is 3. The predicted molar refractivity (Wildman–Crippen MR) is 67.9 cm³/mol. The van der Waals surface area contributed by atoms with E-state index in [1.54, 1.807) is 0 Å². The fourth-order valence-electron chi connectivity index (χ4n) is 2.14. The molecular weight excluding hydrogens is 214 g/mol. The Morgan fingerprint density at radius 2 is 2.18 bits per heavy atom. The maximum atomic E-state index is 10.4. The molecule has 2 N–H and O–H groups in total. The Balaban J connectivity index is 1.88. The van der Waals surface area contributed by atoms with Gasteiger partial charge >= 0.3 is 0 Å². The van der Waals surface area contributed by atoms with Crippen molar-refractivity contribution in [3.8, 4) is 0 Å². The Morgan fingerprint density at radius 1 is 1.41 bits per heavy atom. The van der Waals surface area contributed by atoms with Crippen molar-refractivity contribution in [3.05, 3.63) is 35.9 Å². The quantitative estimate of drug-likeness (QED) is 0.834. The molecule has 2 rings (SSSR count). The van der Waals surface area contributed by atoms with Crippen molar-refractivity contribution < 1.29 is 9.84 Å². The lowest BCUT2D eigenvalue weighted by Gasteiger charge is -2.29. The van der Waals surface area contributed by atoms with E-state index < -0.39 is 5.60 Å². The van der Waals surface area contributed by atoms with Crippen LogP contribution in [0.1, 0.15) is 25.3 Å². The molecule has 1 saturated heterocycles. The van der Waals surface area contributed by atoms with Gasteiger partial charge in [-0.1, -0.05) is 30.3 Å². The van der Waals surface area contributed by atoms with Crippen LogP contribution in [-0.4, -0.2) is 30.9 Å². The Bertz CT molecular complexity index is 331. The minimum Gasteiger partial charge on any atom is -0.384 e. The van der Waals surface area contributed by atoms with Gasteiger partial charge < -0.3 is 15.2 Å². The minimum atomic E-state index is -0.821. The summed E-state index contributed by atoms with van der Waals surface area (Å²) in [6, 6.07) is 10.2. The zero-order valence-corrected chi connectivity index (χ0v) is 10.4. The molecule has 1 aliphatic heterocycles. The topological polar surface area (TPSA) is 41.5 Å². The Labute approximate surface area is 103 Å². The van der Waals surface area contributed by atoms with E-state index in [-0.39, 0.29) is 0 Å². The molecule has 1 aromatic carbocycles. The molecule has 0 bridgehead atoms. The fourth-order valence-corrected chi connectivity index (χ4v) is 2.14. The lowest BCUT2D eigenvalue weighted by molar-refractivity contribution is 0.0325. The fraction of sp³-hybridized carbons (Fsp3) is 0.571. The van der Waals surface area contributed by atoms with E-state index in [1.165, 1.54) is 0 Å². The van der Waals surface area contributed by atoms with Crippen LogP contribution in [-0.2, 0) is 10.3 Å². The average molecular weight is 235 g/mol. The van der Waals surface area contributed by atoms with E-state index in [1.807, 2.05) is 37.3 Å². The summed E-state index contributed by atoms with van der Waals surface area (Å²) in [7, 11) is 0. The molecule has 1 heterocycles. The average Bonchev–Trinajstić information content (AvgIpc) is 2.39.